The van der Waals surface area contributed by atoms with Crippen LogP contribution in [0.25, 0.3) is 0 Å². The van der Waals surface area contributed by atoms with Crippen molar-refractivity contribution in [2.75, 3.05) is 19.6 Å². The maximum absolute atomic E-state index is 3.82. The minimum Gasteiger partial charge on any atom is -0.308 e. The fraction of sp³-hybridized carbons (Fsp3) is 1.00. The SMILES string of the molecule is CCC(C)C1CNC(CC)(CC)CN1CC. The fourth-order valence-electron chi connectivity index (χ4n) is 2.92. The second-order valence-corrected chi connectivity index (χ2v) is 5.38. The number of hydrogen-bond donors (Lipinski definition) is 1. The molecule has 0 bridgehead atoms. The fourth-order valence-corrected chi connectivity index (χ4v) is 2.92. The lowest BCUT2D eigenvalue weighted by molar-refractivity contribution is 0.0500. The predicted octanol–water partition coefficient (Wildman–Crippen LogP) is 2.89. The zero-order valence-corrected chi connectivity index (χ0v) is 11.8. The average molecular weight is 226 g/mol. The summed E-state index contributed by atoms with van der Waals surface area (Å²) in [5, 5.41) is 3.82. The van der Waals surface area contributed by atoms with Crippen LogP contribution in [-0.4, -0.2) is 36.1 Å². The number of hydrogen-bond acceptors (Lipinski definition) is 2. The van der Waals surface area contributed by atoms with Crippen LogP contribution in [0.4, 0.5) is 0 Å². The van der Waals surface area contributed by atoms with Gasteiger partial charge in [-0.3, -0.25) is 4.90 Å². The molecular weight excluding hydrogens is 196 g/mol. The zero-order valence-electron chi connectivity index (χ0n) is 11.8. The van der Waals surface area contributed by atoms with Gasteiger partial charge in [0, 0.05) is 24.7 Å². The molecule has 0 amide bonds. The molecular formula is C14H30N2. The van der Waals surface area contributed by atoms with Gasteiger partial charge in [0.2, 0.25) is 0 Å². The molecule has 0 radical (unpaired) electrons. The van der Waals surface area contributed by atoms with Gasteiger partial charge in [-0.05, 0) is 25.3 Å². The molecule has 2 unspecified atom stereocenters. The largest absolute Gasteiger partial charge is 0.308 e. The monoisotopic (exact) mass is 226 g/mol. The Bertz CT molecular complexity index is 199. The van der Waals surface area contributed by atoms with Crippen LogP contribution >= 0.6 is 0 Å². The quantitative estimate of drug-likeness (QED) is 0.775. The van der Waals surface area contributed by atoms with Crippen molar-refractivity contribution in [2.45, 2.75) is 65.5 Å². The normalized spacial score (nSPS) is 27.9. The van der Waals surface area contributed by atoms with Gasteiger partial charge in [0.05, 0.1) is 0 Å². The highest BCUT2D eigenvalue weighted by Gasteiger charge is 2.37. The average Bonchev–Trinajstić information content (AvgIpc) is 2.37. The molecule has 0 saturated carbocycles. The summed E-state index contributed by atoms with van der Waals surface area (Å²) in [7, 11) is 0. The Morgan fingerprint density at radius 1 is 1.25 bits per heavy atom. The molecule has 1 aliphatic heterocycles. The molecule has 0 aromatic heterocycles. The Labute approximate surface area is 102 Å². The van der Waals surface area contributed by atoms with Crippen LogP contribution in [0, 0.1) is 5.92 Å². The first-order valence-corrected chi connectivity index (χ1v) is 7.11. The first-order chi connectivity index (χ1) is 7.62. The smallest absolute Gasteiger partial charge is 0.0304 e. The molecule has 1 fully saturated rings. The summed E-state index contributed by atoms with van der Waals surface area (Å²) in [6, 6.07) is 0.737. The van der Waals surface area contributed by atoms with E-state index in [9.17, 15) is 0 Å². The van der Waals surface area contributed by atoms with Crippen LogP contribution in [0.2, 0.25) is 0 Å². The summed E-state index contributed by atoms with van der Waals surface area (Å²) < 4.78 is 0. The first-order valence-electron chi connectivity index (χ1n) is 7.11. The van der Waals surface area contributed by atoms with E-state index >= 15 is 0 Å². The number of nitrogens with one attached hydrogen (secondary N) is 1. The van der Waals surface area contributed by atoms with Gasteiger partial charge in [-0.25, -0.2) is 0 Å². The third kappa shape index (κ3) is 2.78. The van der Waals surface area contributed by atoms with Crippen LogP contribution in [0.5, 0.6) is 0 Å². The highest BCUT2D eigenvalue weighted by atomic mass is 15.3. The van der Waals surface area contributed by atoms with Crippen LogP contribution in [0.1, 0.15) is 53.9 Å². The van der Waals surface area contributed by atoms with E-state index < -0.39 is 0 Å². The standard InChI is InChI=1S/C14H30N2/c1-6-12(5)13-10-15-14(7-2,8-3)11-16(13)9-4/h12-13,15H,6-11H2,1-5H3. The third-order valence-corrected chi connectivity index (χ3v) is 4.72. The lowest BCUT2D eigenvalue weighted by Gasteiger charge is -2.49. The molecule has 16 heavy (non-hydrogen) atoms. The first kappa shape index (κ1) is 14.0. The van der Waals surface area contributed by atoms with E-state index in [1.165, 1.54) is 38.9 Å². The molecule has 1 aliphatic rings. The number of rotatable bonds is 5. The van der Waals surface area contributed by atoms with Crippen LogP contribution < -0.4 is 5.32 Å². The van der Waals surface area contributed by atoms with E-state index in [2.05, 4.69) is 44.8 Å². The Morgan fingerprint density at radius 2 is 1.88 bits per heavy atom. The van der Waals surface area contributed by atoms with Crippen molar-refractivity contribution < 1.29 is 0 Å². The second-order valence-electron chi connectivity index (χ2n) is 5.38. The van der Waals surface area contributed by atoms with Gasteiger partial charge >= 0.3 is 0 Å². The molecule has 1 saturated heterocycles. The Balaban J connectivity index is 2.70. The summed E-state index contributed by atoms with van der Waals surface area (Å²) in [5.74, 6) is 0.805. The van der Waals surface area contributed by atoms with Gasteiger partial charge in [-0.2, -0.15) is 0 Å². The van der Waals surface area contributed by atoms with Crippen LogP contribution in [0.15, 0.2) is 0 Å². The molecule has 0 aliphatic carbocycles. The summed E-state index contributed by atoms with van der Waals surface area (Å²) in [6.45, 7) is 15.2. The summed E-state index contributed by atoms with van der Waals surface area (Å²) >= 11 is 0. The van der Waals surface area contributed by atoms with E-state index in [1.807, 2.05) is 0 Å². The summed E-state index contributed by atoms with van der Waals surface area (Å²) in [6.07, 6.45) is 3.77. The van der Waals surface area contributed by atoms with Crippen molar-refractivity contribution in [1.82, 2.24) is 10.2 Å². The van der Waals surface area contributed by atoms with Crippen molar-refractivity contribution in [3.63, 3.8) is 0 Å². The molecule has 1 heterocycles. The summed E-state index contributed by atoms with van der Waals surface area (Å²) in [5.41, 5.74) is 0.375. The van der Waals surface area contributed by atoms with Crippen molar-refractivity contribution in [3.8, 4) is 0 Å². The Kier molecular flexibility index (Phi) is 5.26. The molecule has 0 aromatic rings. The van der Waals surface area contributed by atoms with Gasteiger partial charge in [-0.1, -0.05) is 41.0 Å². The minimum atomic E-state index is 0.375. The van der Waals surface area contributed by atoms with Gasteiger partial charge in [0.25, 0.3) is 0 Å². The van der Waals surface area contributed by atoms with Crippen LogP contribution in [-0.2, 0) is 0 Å². The lowest BCUT2D eigenvalue weighted by atomic mass is 9.85. The molecule has 2 nitrogen and oxygen atoms in total. The molecule has 1 N–H and O–H groups in total. The lowest BCUT2D eigenvalue weighted by Crippen LogP contribution is -2.65. The predicted molar refractivity (Wildman–Crippen MR) is 71.8 cm³/mol. The van der Waals surface area contributed by atoms with E-state index in [4.69, 9.17) is 0 Å². The van der Waals surface area contributed by atoms with E-state index in [0.717, 1.165) is 12.0 Å². The van der Waals surface area contributed by atoms with Crippen LogP contribution in [0.3, 0.4) is 0 Å². The number of nitrogens with zero attached hydrogens (tertiary/aromatic N) is 1. The maximum atomic E-state index is 3.82. The van der Waals surface area contributed by atoms with E-state index in [0.29, 0.717) is 5.54 Å². The van der Waals surface area contributed by atoms with Crippen molar-refractivity contribution in [3.05, 3.63) is 0 Å². The molecule has 96 valence electrons. The molecule has 1 rings (SSSR count). The molecule has 0 aromatic carbocycles. The second kappa shape index (κ2) is 6.02. The molecule has 0 spiro atoms. The van der Waals surface area contributed by atoms with Crippen molar-refractivity contribution in [1.29, 1.82) is 0 Å². The van der Waals surface area contributed by atoms with Crippen molar-refractivity contribution >= 4 is 0 Å². The van der Waals surface area contributed by atoms with Gasteiger partial charge in [-0.15, -0.1) is 0 Å². The van der Waals surface area contributed by atoms with Gasteiger partial charge in [0.1, 0.15) is 0 Å². The highest BCUT2D eigenvalue weighted by Crippen LogP contribution is 2.26. The molecule has 2 atom stereocenters. The van der Waals surface area contributed by atoms with Gasteiger partial charge < -0.3 is 5.32 Å². The summed E-state index contributed by atoms with van der Waals surface area (Å²) in [4.78, 5) is 2.69. The number of piperazine rings is 1. The van der Waals surface area contributed by atoms with Crippen molar-refractivity contribution in [2.24, 2.45) is 5.92 Å². The topological polar surface area (TPSA) is 15.3 Å². The Hall–Kier alpha value is -0.0800. The number of likely N-dealkylation sites (N-methyl/N-ethyl adjacent to an activating group) is 1. The van der Waals surface area contributed by atoms with Gasteiger partial charge in [0.15, 0.2) is 0 Å². The zero-order chi connectivity index (χ0) is 12.2. The van der Waals surface area contributed by atoms with E-state index in [1.54, 1.807) is 0 Å². The minimum absolute atomic E-state index is 0.375. The highest BCUT2D eigenvalue weighted by molar-refractivity contribution is 4.97. The molecule has 2 heteroatoms. The van der Waals surface area contributed by atoms with E-state index in [-0.39, 0.29) is 0 Å². The Morgan fingerprint density at radius 3 is 2.31 bits per heavy atom. The maximum Gasteiger partial charge on any atom is 0.0304 e. The third-order valence-electron chi connectivity index (χ3n) is 4.72.